The van der Waals surface area contributed by atoms with Gasteiger partial charge in [0.25, 0.3) is 0 Å². The second-order valence-corrected chi connectivity index (χ2v) is 4.12. The Morgan fingerprint density at radius 3 is 3.07 bits per heavy atom. The molecule has 1 aliphatic rings. The maximum Gasteiger partial charge on any atom is 0.208 e. The summed E-state index contributed by atoms with van der Waals surface area (Å²) in [5, 5.41) is 3.39. The van der Waals surface area contributed by atoms with E-state index in [-0.39, 0.29) is 0 Å². The minimum Gasteiger partial charge on any atom is -0.444 e. The summed E-state index contributed by atoms with van der Waals surface area (Å²) in [4.78, 5) is 4.26. The van der Waals surface area contributed by atoms with E-state index in [0.717, 1.165) is 24.6 Å². The molecule has 2 rings (SSSR count). The van der Waals surface area contributed by atoms with Crippen molar-refractivity contribution in [3.8, 4) is 0 Å². The summed E-state index contributed by atoms with van der Waals surface area (Å²) in [6, 6.07) is 0.717. The molecule has 1 atom stereocenters. The average molecular weight is 194 g/mol. The van der Waals surface area contributed by atoms with E-state index in [1.807, 2.05) is 6.20 Å². The Bertz CT molecular complexity index is 291. The molecular weight excluding hydrogens is 176 g/mol. The van der Waals surface area contributed by atoms with Gasteiger partial charge in [-0.3, -0.25) is 0 Å². The van der Waals surface area contributed by atoms with Crippen molar-refractivity contribution in [2.75, 3.05) is 0 Å². The van der Waals surface area contributed by atoms with E-state index < -0.39 is 0 Å². The van der Waals surface area contributed by atoms with E-state index in [4.69, 9.17) is 4.42 Å². The lowest BCUT2D eigenvalue weighted by atomic mass is 10.1. The summed E-state index contributed by atoms with van der Waals surface area (Å²) >= 11 is 0. The summed E-state index contributed by atoms with van der Waals surface area (Å²) in [7, 11) is 0. The van der Waals surface area contributed by atoms with Gasteiger partial charge in [0.1, 0.15) is 5.76 Å². The lowest BCUT2D eigenvalue weighted by Gasteiger charge is -2.02. The van der Waals surface area contributed by atoms with Gasteiger partial charge in [0, 0.05) is 12.0 Å². The van der Waals surface area contributed by atoms with Crippen LogP contribution >= 0.6 is 0 Å². The molecule has 0 amide bonds. The highest BCUT2D eigenvalue weighted by Gasteiger charge is 2.21. The number of hydrogen-bond donors (Lipinski definition) is 1. The molecule has 0 aliphatic heterocycles. The molecule has 0 saturated heterocycles. The third kappa shape index (κ3) is 2.35. The maximum atomic E-state index is 5.64. The van der Waals surface area contributed by atoms with Crippen LogP contribution in [0.15, 0.2) is 10.6 Å². The molecule has 1 fully saturated rings. The monoisotopic (exact) mass is 194 g/mol. The van der Waals surface area contributed by atoms with Crippen LogP contribution < -0.4 is 5.32 Å². The second kappa shape index (κ2) is 4.13. The Balaban J connectivity index is 1.87. The van der Waals surface area contributed by atoms with Gasteiger partial charge in [0.15, 0.2) is 0 Å². The quantitative estimate of drug-likeness (QED) is 0.782. The van der Waals surface area contributed by atoms with Crippen molar-refractivity contribution in [2.24, 2.45) is 0 Å². The molecule has 0 aromatic carbocycles. The summed E-state index contributed by atoms with van der Waals surface area (Å²) in [5.74, 6) is 2.32. The van der Waals surface area contributed by atoms with Crippen LogP contribution in [-0.2, 0) is 6.54 Å². The first-order valence-corrected chi connectivity index (χ1v) is 5.47. The highest BCUT2D eigenvalue weighted by Crippen LogP contribution is 2.21. The van der Waals surface area contributed by atoms with Crippen LogP contribution in [0.4, 0.5) is 0 Å². The van der Waals surface area contributed by atoms with Gasteiger partial charge in [-0.2, -0.15) is 0 Å². The van der Waals surface area contributed by atoms with Crippen LogP contribution in [0.1, 0.15) is 50.7 Å². The molecule has 0 radical (unpaired) electrons. The lowest BCUT2D eigenvalue weighted by Crippen LogP contribution is -2.15. The fraction of sp³-hybridized carbons (Fsp3) is 0.727. The van der Waals surface area contributed by atoms with Gasteiger partial charge in [0.2, 0.25) is 5.89 Å². The molecule has 14 heavy (non-hydrogen) atoms. The lowest BCUT2D eigenvalue weighted by molar-refractivity contribution is 0.413. The molecule has 1 aliphatic carbocycles. The van der Waals surface area contributed by atoms with Crippen LogP contribution in [0.5, 0.6) is 0 Å². The standard InChI is InChI=1S/C11H18N2O/c1-3-8(2)10-6-13-11(14-10)7-12-9-4-5-9/h6,8-9,12H,3-5,7H2,1-2H3. The SMILES string of the molecule is CCC(C)c1cnc(CNC2CC2)o1. The number of oxazole rings is 1. The predicted octanol–water partition coefficient (Wildman–Crippen LogP) is 2.44. The van der Waals surface area contributed by atoms with Crippen molar-refractivity contribution in [1.82, 2.24) is 10.3 Å². The fourth-order valence-electron chi connectivity index (χ4n) is 1.35. The molecule has 1 N–H and O–H groups in total. The number of aromatic nitrogens is 1. The minimum atomic E-state index is 0.483. The number of nitrogens with zero attached hydrogens (tertiary/aromatic N) is 1. The largest absolute Gasteiger partial charge is 0.444 e. The van der Waals surface area contributed by atoms with Crippen LogP contribution in [-0.4, -0.2) is 11.0 Å². The molecule has 0 spiro atoms. The Hall–Kier alpha value is -0.830. The molecule has 1 aromatic heterocycles. The number of nitrogens with one attached hydrogen (secondary N) is 1. The van der Waals surface area contributed by atoms with Gasteiger partial charge in [-0.15, -0.1) is 0 Å². The van der Waals surface area contributed by atoms with Gasteiger partial charge in [-0.1, -0.05) is 13.8 Å². The molecule has 3 nitrogen and oxygen atoms in total. The number of rotatable bonds is 5. The van der Waals surface area contributed by atoms with E-state index >= 15 is 0 Å². The molecule has 1 aromatic rings. The van der Waals surface area contributed by atoms with Crippen molar-refractivity contribution in [3.63, 3.8) is 0 Å². The zero-order valence-electron chi connectivity index (χ0n) is 8.92. The Morgan fingerprint density at radius 2 is 2.43 bits per heavy atom. The van der Waals surface area contributed by atoms with E-state index in [0.29, 0.717) is 12.0 Å². The first kappa shape index (κ1) is 9.71. The van der Waals surface area contributed by atoms with Crippen molar-refractivity contribution < 1.29 is 4.42 Å². The Kier molecular flexibility index (Phi) is 2.87. The van der Waals surface area contributed by atoms with Crippen molar-refractivity contribution >= 4 is 0 Å². The van der Waals surface area contributed by atoms with E-state index in [9.17, 15) is 0 Å². The summed E-state index contributed by atoms with van der Waals surface area (Å²) in [6.07, 6.45) is 5.57. The molecule has 78 valence electrons. The second-order valence-electron chi connectivity index (χ2n) is 4.12. The highest BCUT2D eigenvalue weighted by atomic mass is 16.4. The third-order valence-electron chi connectivity index (χ3n) is 2.79. The predicted molar refractivity (Wildman–Crippen MR) is 55.1 cm³/mol. The zero-order valence-corrected chi connectivity index (χ0v) is 8.92. The van der Waals surface area contributed by atoms with Gasteiger partial charge in [-0.25, -0.2) is 4.98 Å². The Labute approximate surface area is 84.9 Å². The third-order valence-corrected chi connectivity index (χ3v) is 2.79. The smallest absolute Gasteiger partial charge is 0.208 e. The van der Waals surface area contributed by atoms with Gasteiger partial charge < -0.3 is 9.73 Å². The molecule has 1 unspecified atom stereocenters. The zero-order chi connectivity index (χ0) is 9.97. The highest BCUT2D eigenvalue weighted by molar-refractivity contribution is 5.00. The van der Waals surface area contributed by atoms with Gasteiger partial charge in [-0.05, 0) is 19.3 Å². The molecule has 1 heterocycles. The van der Waals surface area contributed by atoms with E-state index in [2.05, 4.69) is 24.1 Å². The minimum absolute atomic E-state index is 0.483. The first-order valence-electron chi connectivity index (χ1n) is 5.47. The topological polar surface area (TPSA) is 38.1 Å². The maximum absolute atomic E-state index is 5.64. The normalized spacial score (nSPS) is 18.4. The van der Waals surface area contributed by atoms with Gasteiger partial charge in [0.05, 0.1) is 12.7 Å². The molecule has 0 bridgehead atoms. The van der Waals surface area contributed by atoms with Crippen molar-refractivity contribution in [1.29, 1.82) is 0 Å². The Morgan fingerprint density at radius 1 is 1.64 bits per heavy atom. The van der Waals surface area contributed by atoms with Crippen molar-refractivity contribution in [3.05, 3.63) is 17.8 Å². The van der Waals surface area contributed by atoms with E-state index in [1.54, 1.807) is 0 Å². The molecular formula is C11H18N2O. The van der Waals surface area contributed by atoms with Crippen molar-refractivity contribution in [2.45, 2.75) is 51.6 Å². The average Bonchev–Trinajstić information content (AvgIpc) is 2.92. The van der Waals surface area contributed by atoms with Crippen LogP contribution in [0.25, 0.3) is 0 Å². The first-order chi connectivity index (χ1) is 6.79. The van der Waals surface area contributed by atoms with Crippen LogP contribution in [0.2, 0.25) is 0 Å². The summed E-state index contributed by atoms with van der Waals surface area (Å²) < 4.78 is 5.64. The summed E-state index contributed by atoms with van der Waals surface area (Å²) in [6.45, 7) is 5.11. The van der Waals surface area contributed by atoms with Crippen LogP contribution in [0.3, 0.4) is 0 Å². The number of hydrogen-bond acceptors (Lipinski definition) is 3. The molecule has 1 saturated carbocycles. The molecule has 3 heteroatoms. The summed E-state index contributed by atoms with van der Waals surface area (Å²) in [5.41, 5.74) is 0. The van der Waals surface area contributed by atoms with Gasteiger partial charge >= 0.3 is 0 Å². The van der Waals surface area contributed by atoms with Crippen LogP contribution in [0, 0.1) is 0 Å². The fourth-order valence-corrected chi connectivity index (χ4v) is 1.35. The van der Waals surface area contributed by atoms with E-state index in [1.165, 1.54) is 12.8 Å².